The van der Waals surface area contributed by atoms with Gasteiger partial charge in [0.25, 0.3) is 0 Å². The average molecular weight is 210 g/mol. The van der Waals surface area contributed by atoms with Crippen molar-refractivity contribution in [1.29, 1.82) is 0 Å². The van der Waals surface area contributed by atoms with E-state index < -0.39 is 6.10 Å². The van der Waals surface area contributed by atoms with E-state index in [1.165, 1.54) is 6.42 Å². The van der Waals surface area contributed by atoms with Crippen LogP contribution < -0.4 is 0 Å². The third-order valence-corrected chi connectivity index (χ3v) is 2.93. The first-order chi connectivity index (χ1) is 7.16. The number of aromatic nitrogens is 1. The predicted octanol–water partition coefficient (Wildman–Crippen LogP) is 1.54. The first kappa shape index (κ1) is 10.6. The van der Waals surface area contributed by atoms with Gasteiger partial charge in [-0.1, -0.05) is 0 Å². The second-order valence-electron chi connectivity index (χ2n) is 4.38. The van der Waals surface area contributed by atoms with E-state index >= 15 is 0 Å². The van der Waals surface area contributed by atoms with Crippen molar-refractivity contribution in [2.24, 2.45) is 0 Å². The van der Waals surface area contributed by atoms with Crippen molar-refractivity contribution in [2.75, 3.05) is 20.1 Å². The zero-order chi connectivity index (χ0) is 10.8. The molecule has 1 aromatic rings. The van der Waals surface area contributed by atoms with Crippen LogP contribution in [0.5, 0.6) is 0 Å². The summed E-state index contributed by atoms with van der Waals surface area (Å²) in [7, 11) is 2.12. The topological polar surface area (TPSA) is 49.5 Å². The van der Waals surface area contributed by atoms with E-state index in [0.717, 1.165) is 25.4 Å². The molecule has 0 aromatic carbocycles. The third-order valence-electron chi connectivity index (χ3n) is 2.93. The Hall–Kier alpha value is -0.870. The molecule has 4 heteroatoms. The number of likely N-dealkylation sites (tertiary alicyclic amines) is 1. The molecule has 0 aliphatic carbocycles. The van der Waals surface area contributed by atoms with Crippen LogP contribution in [0.1, 0.15) is 43.4 Å². The SMILES string of the molecule is CC(O)c1cnc(C2CCCN(C)C2)o1. The number of hydrogen-bond acceptors (Lipinski definition) is 4. The van der Waals surface area contributed by atoms with Crippen LogP contribution in [-0.2, 0) is 0 Å². The van der Waals surface area contributed by atoms with E-state index in [1.807, 2.05) is 0 Å². The second-order valence-corrected chi connectivity index (χ2v) is 4.38. The van der Waals surface area contributed by atoms with Crippen molar-refractivity contribution < 1.29 is 9.52 Å². The summed E-state index contributed by atoms with van der Waals surface area (Å²) in [5, 5.41) is 9.34. The molecule has 0 spiro atoms. The summed E-state index contributed by atoms with van der Waals surface area (Å²) in [4.78, 5) is 6.53. The molecular weight excluding hydrogens is 192 g/mol. The Morgan fingerprint density at radius 2 is 2.47 bits per heavy atom. The number of piperidine rings is 1. The number of nitrogens with zero attached hydrogens (tertiary/aromatic N) is 2. The van der Waals surface area contributed by atoms with E-state index in [4.69, 9.17) is 4.42 Å². The lowest BCUT2D eigenvalue weighted by molar-refractivity contribution is 0.161. The zero-order valence-electron chi connectivity index (χ0n) is 9.31. The molecule has 0 radical (unpaired) electrons. The summed E-state index contributed by atoms with van der Waals surface area (Å²) in [6.07, 6.45) is 3.39. The maximum atomic E-state index is 9.34. The molecule has 2 unspecified atom stereocenters. The molecule has 1 fully saturated rings. The number of likely N-dealkylation sites (N-methyl/N-ethyl adjacent to an activating group) is 1. The molecule has 2 heterocycles. The van der Waals surface area contributed by atoms with Crippen LogP contribution in [0.25, 0.3) is 0 Å². The quantitative estimate of drug-likeness (QED) is 0.804. The van der Waals surface area contributed by atoms with Crippen molar-refractivity contribution >= 4 is 0 Å². The van der Waals surface area contributed by atoms with Crippen LogP contribution in [0.2, 0.25) is 0 Å². The molecule has 1 aliphatic heterocycles. The molecule has 0 saturated carbocycles. The third kappa shape index (κ3) is 2.38. The zero-order valence-corrected chi connectivity index (χ0v) is 9.31. The lowest BCUT2D eigenvalue weighted by Gasteiger charge is -2.27. The highest BCUT2D eigenvalue weighted by Crippen LogP contribution is 2.27. The van der Waals surface area contributed by atoms with Crippen molar-refractivity contribution in [3.63, 3.8) is 0 Å². The molecule has 2 rings (SSSR count). The normalized spacial score (nSPS) is 25.4. The van der Waals surface area contributed by atoms with Crippen molar-refractivity contribution in [2.45, 2.75) is 31.8 Å². The minimum atomic E-state index is -0.562. The van der Waals surface area contributed by atoms with Gasteiger partial charge < -0.3 is 14.4 Å². The average Bonchev–Trinajstić information content (AvgIpc) is 2.66. The predicted molar refractivity (Wildman–Crippen MR) is 56.6 cm³/mol. The number of aliphatic hydroxyl groups excluding tert-OH is 1. The van der Waals surface area contributed by atoms with Gasteiger partial charge in [-0.25, -0.2) is 4.98 Å². The first-order valence-corrected chi connectivity index (χ1v) is 5.49. The number of rotatable bonds is 2. The molecule has 4 nitrogen and oxygen atoms in total. The standard InChI is InChI=1S/C11H18N2O2/c1-8(14)10-6-12-11(15-10)9-4-3-5-13(2)7-9/h6,8-9,14H,3-5,7H2,1-2H3. The van der Waals surface area contributed by atoms with Gasteiger partial charge in [0.1, 0.15) is 6.10 Å². The van der Waals surface area contributed by atoms with Crippen LogP contribution in [0.4, 0.5) is 0 Å². The van der Waals surface area contributed by atoms with Crippen LogP contribution in [0, 0.1) is 0 Å². The Kier molecular flexibility index (Phi) is 3.07. The summed E-state index contributed by atoms with van der Waals surface area (Å²) >= 11 is 0. The van der Waals surface area contributed by atoms with E-state index in [9.17, 15) is 5.11 Å². The van der Waals surface area contributed by atoms with Gasteiger partial charge in [-0.05, 0) is 33.4 Å². The smallest absolute Gasteiger partial charge is 0.198 e. The molecule has 0 amide bonds. The fraction of sp³-hybridized carbons (Fsp3) is 0.727. The second kappa shape index (κ2) is 4.33. The maximum Gasteiger partial charge on any atom is 0.198 e. The Balaban J connectivity index is 2.08. The van der Waals surface area contributed by atoms with Crippen LogP contribution in [0.15, 0.2) is 10.6 Å². The van der Waals surface area contributed by atoms with Gasteiger partial charge in [-0.2, -0.15) is 0 Å². The minimum Gasteiger partial charge on any atom is -0.443 e. The van der Waals surface area contributed by atoms with E-state index in [2.05, 4.69) is 16.9 Å². The van der Waals surface area contributed by atoms with Gasteiger partial charge in [0.15, 0.2) is 11.7 Å². The Bertz CT molecular complexity index is 322. The lowest BCUT2D eigenvalue weighted by Crippen LogP contribution is -2.30. The summed E-state index contributed by atoms with van der Waals surface area (Å²) in [5.41, 5.74) is 0. The summed E-state index contributed by atoms with van der Waals surface area (Å²) in [5.74, 6) is 1.73. The first-order valence-electron chi connectivity index (χ1n) is 5.49. The van der Waals surface area contributed by atoms with Crippen LogP contribution in [0.3, 0.4) is 0 Å². The highest BCUT2D eigenvalue weighted by atomic mass is 16.4. The van der Waals surface area contributed by atoms with Crippen molar-refractivity contribution in [3.05, 3.63) is 17.8 Å². The Morgan fingerprint density at radius 1 is 1.67 bits per heavy atom. The molecule has 1 N–H and O–H groups in total. The fourth-order valence-corrected chi connectivity index (χ4v) is 2.05. The van der Waals surface area contributed by atoms with Gasteiger partial charge in [-0.3, -0.25) is 0 Å². The maximum absolute atomic E-state index is 9.34. The Labute approximate surface area is 89.9 Å². The van der Waals surface area contributed by atoms with Gasteiger partial charge in [-0.15, -0.1) is 0 Å². The Morgan fingerprint density at radius 3 is 3.07 bits per heavy atom. The molecular formula is C11H18N2O2. The van der Waals surface area contributed by atoms with E-state index in [0.29, 0.717) is 11.7 Å². The van der Waals surface area contributed by atoms with Crippen molar-refractivity contribution in [3.8, 4) is 0 Å². The van der Waals surface area contributed by atoms with E-state index in [1.54, 1.807) is 13.1 Å². The van der Waals surface area contributed by atoms with E-state index in [-0.39, 0.29) is 0 Å². The number of aliphatic hydroxyl groups is 1. The lowest BCUT2D eigenvalue weighted by atomic mass is 9.99. The van der Waals surface area contributed by atoms with Gasteiger partial charge in [0, 0.05) is 12.5 Å². The van der Waals surface area contributed by atoms with Gasteiger partial charge in [0.05, 0.1) is 6.20 Å². The summed E-state index contributed by atoms with van der Waals surface area (Å²) in [6, 6.07) is 0. The van der Waals surface area contributed by atoms with Crippen molar-refractivity contribution in [1.82, 2.24) is 9.88 Å². The fourth-order valence-electron chi connectivity index (χ4n) is 2.05. The molecule has 1 aliphatic rings. The molecule has 2 atom stereocenters. The van der Waals surface area contributed by atoms with Gasteiger partial charge >= 0.3 is 0 Å². The summed E-state index contributed by atoms with van der Waals surface area (Å²) < 4.78 is 5.55. The number of oxazole rings is 1. The minimum absolute atomic E-state index is 0.385. The largest absolute Gasteiger partial charge is 0.443 e. The van der Waals surface area contributed by atoms with Gasteiger partial charge in [0.2, 0.25) is 0 Å². The molecule has 1 aromatic heterocycles. The number of hydrogen-bond donors (Lipinski definition) is 1. The molecule has 15 heavy (non-hydrogen) atoms. The van der Waals surface area contributed by atoms with Crippen LogP contribution in [-0.4, -0.2) is 35.1 Å². The molecule has 0 bridgehead atoms. The highest BCUT2D eigenvalue weighted by Gasteiger charge is 2.23. The summed E-state index contributed by atoms with van der Waals surface area (Å²) in [6.45, 7) is 3.84. The van der Waals surface area contributed by atoms with Crippen LogP contribution >= 0.6 is 0 Å². The molecule has 84 valence electrons. The monoisotopic (exact) mass is 210 g/mol. The molecule has 1 saturated heterocycles. The highest BCUT2D eigenvalue weighted by molar-refractivity contribution is 5.02.